The molecule has 1 saturated heterocycles. The quantitative estimate of drug-likeness (QED) is 0.726. The lowest BCUT2D eigenvalue weighted by molar-refractivity contribution is -0.132. The van der Waals surface area contributed by atoms with Gasteiger partial charge in [-0.15, -0.1) is 0 Å². The topological polar surface area (TPSA) is 67.6 Å². The van der Waals surface area contributed by atoms with Gasteiger partial charge in [-0.2, -0.15) is 0 Å². The van der Waals surface area contributed by atoms with E-state index in [0.717, 1.165) is 13.1 Å². The third kappa shape index (κ3) is 4.26. The van der Waals surface area contributed by atoms with Crippen molar-refractivity contribution in [3.8, 4) is 0 Å². The summed E-state index contributed by atoms with van der Waals surface area (Å²) in [7, 11) is 0. The Morgan fingerprint density at radius 2 is 2.12 bits per heavy atom. The van der Waals surface area contributed by atoms with E-state index in [-0.39, 0.29) is 30.2 Å². The van der Waals surface area contributed by atoms with Crippen LogP contribution in [0, 0.1) is 0 Å². The first-order valence-corrected chi connectivity index (χ1v) is 6.34. The minimum Gasteiger partial charge on any atom is -0.371 e. The molecule has 0 saturated carbocycles. The zero-order chi connectivity index (χ0) is 13.0. The SMILES string of the molecule is CC(C)NC(=O)C(C)N1CC(C)OC(CN)C1. The Morgan fingerprint density at radius 1 is 1.47 bits per heavy atom. The Labute approximate surface area is 104 Å². The van der Waals surface area contributed by atoms with Crippen molar-refractivity contribution in [1.29, 1.82) is 0 Å². The molecule has 5 nitrogen and oxygen atoms in total. The number of nitrogens with zero attached hydrogens (tertiary/aromatic N) is 1. The fraction of sp³-hybridized carbons (Fsp3) is 0.917. The predicted molar refractivity (Wildman–Crippen MR) is 67.7 cm³/mol. The zero-order valence-corrected chi connectivity index (χ0v) is 11.3. The van der Waals surface area contributed by atoms with Gasteiger partial charge in [-0.05, 0) is 27.7 Å². The van der Waals surface area contributed by atoms with Crippen molar-refractivity contribution >= 4 is 5.91 Å². The molecular formula is C12H25N3O2. The van der Waals surface area contributed by atoms with Crippen LogP contribution in [0.3, 0.4) is 0 Å². The number of carbonyl (C=O) groups is 1. The summed E-state index contributed by atoms with van der Waals surface area (Å²) in [6, 6.07) is 0.0477. The lowest BCUT2D eigenvalue weighted by Gasteiger charge is -2.39. The van der Waals surface area contributed by atoms with Gasteiger partial charge >= 0.3 is 0 Å². The van der Waals surface area contributed by atoms with E-state index in [0.29, 0.717) is 6.54 Å². The van der Waals surface area contributed by atoms with Gasteiger partial charge < -0.3 is 15.8 Å². The molecule has 3 unspecified atom stereocenters. The number of ether oxygens (including phenoxy) is 1. The molecule has 3 atom stereocenters. The average Bonchev–Trinajstić information content (AvgIpc) is 2.26. The molecule has 3 N–H and O–H groups in total. The van der Waals surface area contributed by atoms with Crippen LogP contribution in [0.4, 0.5) is 0 Å². The molecule has 1 amide bonds. The number of carbonyl (C=O) groups excluding carboxylic acids is 1. The first-order valence-electron chi connectivity index (χ1n) is 6.34. The highest BCUT2D eigenvalue weighted by molar-refractivity contribution is 5.81. The summed E-state index contributed by atoms with van der Waals surface area (Å²) in [4.78, 5) is 14.1. The molecule has 1 fully saturated rings. The van der Waals surface area contributed by atoms with Crippen molar-refractivity contribution in [2.24, 2.45) is 5.73 Å². The maximum Gasteiger partial charge on any atom is 0.237 e. The van der Waals surface area contributed by atoms with Crippen molar-refractivity contribution in [2.75, 3.05) is 19.6 Å². The smallest absolute Gasteiger partial charge is 0.237 e. The second kappa shape index (κ2) is 6.33. The van der Waals surface area contributed by atoms with E-state index in [2.05, 4.69) is 10.2 Å². The normalized spacial score (nSPS) is 28.1. The van der Waals surface area contributed by atoms with Crippen LogP contribution in [0.25, 0.3) is 0 Å². The van der Waals surface area contributed by atoms with E-state index in [4.69, 9.17) is 10.5 Å². The molecule has 1 aliphatic rings. The van der Waals surface area contributed by atoms with E-state index < -0.39 is 0 Å². The molecule has 0 aliphatic carbocycles. The van der Waals surface area contributed by atoms with Crippen LogP contribution in [0.5, 0.6) is 0 Å². The minimum atomic E-state index is -0.127. The Hall–Kier alpha value is -0.650. The Morgan fingerprint density at radius 3 is 2.65 bits per heavy atom. The van der Waals surface area contributed by atoms with Crippen molar-refractivity contribution in [3.63, 3.8) is 0 Å². The molecule has 0 aromatic carbocycles. The summed E-state index contributed by atoms with van der Waals surface area (Å²) in [5.74, 6) is 0.0740. The van der Waals surface area contributed by atoms with Crippen molar-refractivity contribution in [1.82, 2.24) is 10.2 Å². The van der Waals surface area contributed by atoms with Crippen LogP contribution in [-0.4, -0.2) is 54.7 Å². The number of morpholine rings is 1. The van der Waals surface area contributed by atoms with Crippen LogP contribution in [0.1, 0.15) is 27.7 Å². The van der Waals surface area contributed by atoms with Gasteiger partial charge in [0, 0.05) is 25.7 Å². The van der Waals surface area contributed by atoms with Gasteiger partial charge in [0.2, 0.25) is 5.91 Å². The summed E-state index contributed by atoms with van der Waals surface area (Å²) in [6.45, 7) is 9.89. The molecule has 1 rings (SSSR count). The average molecular weight is 243 g/mol. The molecule has 1 aliphatic heterocycles. The minimum absolute atomic E-state index is 0.0352. The van der Waals surface area contributed by atoms with Crippen LogP contribution in [-0.2, 0) is 9.53 Å². The van der Waals surface area contributed by atoms with E-state index in [1.807, 2.05) is 27.7 Å². The fourth-order valence-corrected chi connectivity index (χ4v) is 2.10. The Bertz CT molecular complexity index is 258. The maximum atomic E-state index is 11.9. The first kappa shape index (κ1) is 14.4. The van der Waals surface area contributed by atoms with Crippen molar-refractivity contribution < 1.29 is 9.53 Å². The van der Waals surface area contributed by atoms with Crippen LogP contribution in [0.2, 0.25) is 0 Å². The molecule has 0 aromatic rings. The summed E-state index contributed by atoms with van der Waals surface area (Å²) in [5, 5.41) is 2.93. The van der Waals surface area contributed by atoms with Crippen molar-refractivity contribution in [2.45, 2.75) is 52.0 Å². The molecule has 1 heterocycles. The van der Waals surface area contributed by atoms with Gasteiger partial charge in [0.05, 0.1) is 18.2 Å². The van der Waals surface area contributed by atoms with E-state index in [1.165, 1.54) is 0 Å². The van der Waals surface area contributed by atoms with Gasteiger partial charge in [0.15, 0.2) is 0 Å². The summed E-state index contributed by atoms with van der Waals surface area (Å²) >= 11 is 0. The molecule has 0 radical (unpaired) electrons. The maximum absolute atomic E-state index is 11.9. The summed E-state index contributed by atoms with van der Waals surface area (Å²) < 4.78 is 5.68. The van der Waals surface area contributed by atoms with Gasteiger partial charge in [-0.1, -0.05) is 0 Å². The number of hydrogen-bond donors (Lipinski definition) is 2. The number of hydrogen-bond acceptors (Lipinski definition) is 4. The van der Waals surface area contributed by atoms with Crippen LogP contribution in [0.15, 0.2) is 0 Å². The zero-order valence-electron chi connectivity index (χ0n) is 11.3. The number of nitrogens with one attached hydrogen (secondary N) is 1. The molecule has 5 heteroatoms. The molecule has 0 spiro atoms. The van der Waals surface area contributed by atoms with Gasteiger partial charge in [-0.25, -0.2) is 0 Å². The van der Waals surface area contributed by atoms with E-state index in [9.17, 15) is 4.79 Å². The highest BCUT2D eigenvalue weighted by atomic mass is 16.5. The lowest BCUT2D eigenvalue weighted by Crippen LogP contribution is -2.56. The third-order valence-electron chi connectivity index (χ3n) is 2.98. The van der Waals surface area contributed by atoms with E-state index in [1.54, 1.807) is 0 Å². The predicted octanol–water partition coefficient (Wildman–Crippen LogP) is -0.0525. The second-order valence-corrected chi connectivity index (χ2v) is 5.10. The summed E-state index contributed by atoms with van der Waals surface area (Å²) in [6.07, 6.45) is 0.166. The molecular weight excluding hydrogens is 218 g/mol. The van der Waals surface area contributed by atoms with E-state index >= 15 is 0 Å². The van der Waals surface area contributed by atoms with Gasteiger partial charge in [-0.3, -0.25) is 9.69 Å². The standard InChI is InChI=1S/C12H25N3O2/c1-8(2)14-12(16)10(4)15-6-9(3)17-11(5-13)7-15/h8-11H,5-7,13H2,1-4H3,(H,14,16). The number of nitrogens with two attached hydrogens (primary N) is 1. The van der Waals surface area contributed by atoms with Gasteiger partial charge in [0.25, 0.3) is 0 Å². The first-order chi connectivity index (χ1) is 7.93. The molecule has 0 aromatic heterocycles. The van der Waals surface area contributed by atoms with Crippen molar-refractivity contribution in [3.05, 3.63) is 0 Å². The molecule has 0 bridgehead atoms. The fourth-order valence-electron chi connectivity index (χ4n) is 2.10. The molecule has 17 heavy (non-hydrogen) atoms. The number of rotatable bonds is 4. The molecule has 100 valence electrons. The monoisotopic (exact) mass is 243 g/mol. The third-order valence-corrected chi connectivity index (χ3v) is 2.98. The second-order valence-electron chi connectivity index (χ2n) is 5.10. The Kier molecular flexibility index (Phi) is 5.36. The largest absolute Gasteiger partial charge is 0.371 e. The van der Waals surface area contributed by atoms with Crippen LogP contribution < -0.4 is 11.1 Å². The number of amides is 1. The highest BCUT2D eigenvalue weighted by Gasteiger charge is 2.30. The summed E-state index contributed by atoms with van der Waals surface area (Å²) in [5.41, 5.74) is 5.63. The Balaban J connectivity index is 2.55. The van der Waals surface area contributed by atoms with Gasteiger partial charge in [0.1, 0.15) is 0 Å². The van der Waals surface area contributed by atoms with Crippen LogP contribution >= 0.6 is 0 Å². The lowest BCUT2D eigenvalue weighted by atomic mass is 10.1. The highest BCUT2D eigenvalue weighted by Crippen LogP contribution is 2.13.